The van der Waals surface area contributed by atoms with E-state index in [1.54, 1.807) is 0 Å². The minimum atomic E-state index is 0.508. The molecule has 3 nitrogen and oxygen atoms in total. The van der Waals surface area contributed by atoms with Crippen LogP contribution in [0.5, 0.6) is 0 Å². The van der Waals surface area contributed by atoms with Gasteiger partial charge in [-0.05, 0) is 43.0 Å². The lowest BCUT2D eigenvalue weighted by atomic mass is 9.78. The van der Waals surface area contributed by atoms with Crippen LogP contribution >= 0.6 is 15.9 Å². The number of hydrogen-bond acceptors (Lipinski definition) is 2. The summed E-state index contributed by atoms with van der Waals surface area (Å²) in [7, 11) is 0. The second kappa shape index (κ2) is 6.10. The fourth-order valence-corrected chi connectivity index (χ4v) is 3.68. The number of benzene rings is 1. The first-order chi connectivity index (χ1) is 9.79. The van der Waals surface area contributed by atoms with Crippen molar-refractivity contribution < 1.29 is 0 Å². The molecule has 0 amide bonds. The standard InChI is InChI=1S/C16H20BrN3/c1-2-20-11-12(9-19-20)13-7-8-18-10-15(13)14-5-3-4-6-16(14)17/h3-6,9,11,13,15,18H,2,7-8,10H2,1H3. The van der Waals surface area contributed by atoms with Gasteiger partial charge in [0.15, 0.2) is 0 Å². The second-order valence-corrected chi connectivity index (χ2v) is 6.21. The molecule has 0 bridgehead atoms. The lowest BCUT2D eigenvalue weighted by Gasteiger charge is -2.32. The Morgan fingerprint density at radius 3 is 2.95 bits per heavy atom. The van der Waals surface area contributed by atoms with Gasteiger partial charge in [0.2, 0.25) is 0 Å². The Labute approximate surface area is 128 Å². The molecule has 1 aliphatic heterocycles. The Hall–Kier alpha value is -1.13. The van der Waals surface area contributed by atoms with Crippen molar-refractivity contribution in [2.24, 2.45) is 0 Å². The van der Waals surface area contributed by atoms with Crippen LogP contribution in [-0.2, 0) is 6.54 Å². The van der Waals surface area contributed by atoms with Gasteiger partial charge in [0, 0.05) is 29.7 Å². The molecule has 4 heteroatoms. The van der Waals surface area contributed by atoms with Gasteiger partial charge < -0.3 is 5.32 Å². The summed E-state index contributed by atoms with van der Waals surface area (Å²) >= 11 is 3.70. The lowest BCUT2D eigenvalue weighted by Crippen LogP contribution is -2.34. The quantitative estimate of drug-likeness (QED) is 0.931. The van der Waals surface area contributed by atoms with Crippen molar-refractivity contribution in [1.29, 1.82) is 0 Å². The average molecular weight is 334 g/mol. The molecule has 2 unspecified atom stereocenters. The Bertz CT molecular complexity index is 579. The van der Waals surface area contributed by atoms with Crippen molar-refractivity contribution in [3.63, 3.8) is 0 Å². The highest BCUT2D eigenvalue weighted by Gasteiger charge is 2.29. The smallest absolute Gasteiger partial charge is 0.0524 e. The van der Waals surface area contributed by atoms with Gasteiger partial charge in [0.05, 0.1) is 6.20 Å². The zero-order valence-electron chi connectivity index (χ0n) is 11.7. The molecule has 0 radical (unpaired) electrons. The zero-order valence-corrected chi connectivity index (χ0v) is 13.3. The zero-order chi connectivity index (χ0) is 13.9. The molecule has 0 saturated carbocycles. The van der Waals surface area contributed by atoms with E-state index >= 15 is 0 Å². The maximum Gasteiger partial charge on any atom is 0.0524 e. The summed E-state index contributed by atoms with van der Waals surface area (Å²) in [6, 6.07) is 8.57. The van der Waals surface area contributed by atoms with Crippen LogP contribution in [0.1, 0.15) is 36.3 Å². The normalized spacial score (nSPS) is 22.9. The molecule has 0 spiro atoms. The number of nitrogens with one attached hydrogen (secondary N) is 1. The third-order valence-corrected chi connectivity index (χ3v) is 4.91. The molecule has 2 atom stereocenters. The van der Waals surface area contributed by atoms with E-state index in [9.17, 15) is 0 Å². The number of hydrogen-bond donors (Lipinski definition) is 1. The Kier molecular flexibility index (Phi) is 4.22. The van der Waals surface area contributed by atoms with Crippen LogP contribution in [0.4, 0.5) is 0 Å². The van der Waals surface area contributed by atoms with Crippen molar-refractivity contribution >= 4 is 15.9 Å². The minimum absolute atomic E-state index is 0.508. The van der Waals surface area contributed by atoms with E-state index in [1.807, 2.05) is 10.9 Å². The topological polar surface area (TPSA) is 29.9 Å². The predicted molar refractivity (Wildman–Crippen MR) is 85.0 cm³/mol. The largest absolute Gasteiger partial charge is 0.316 e. The molecule has 1 N–H and O–H groups in total. The molecule has 20 heavy (non-hydrogen) atoms. The minimum Gasteiger partial charge on any atom is -0.316 e. The number of rotatable bonds is 3. The van der Waals surface area contributed by atoms with E-state index in [2.05, 4.69) is 63.7 Å². The van der Waals surface area contributed by atoms with Gasteiger partial charge in [-0.25, -0.2) is 0 Å². The van der Waals surface area contributed by atoms with Gasteiger partial charge in [-0.2, -0.15) is 5.10 Å². The highest BCUT2D eigenvalue weighted by atomic mass is 79.9. The predicted octanol–water partition coefficient (Wildman–Crippen LogP) is 3.53. The molecule has 1 fully saturated rings. The molecule has 1 aliphatic rings. The SMILES string of the molecule is CCn1cc(C2CCNCC2c2ccccc2Br)cn1. The van der Waals surface area contributed by atoms with E-state index in [4.69, 9.17) is 0 Å². The summed E-state index contributed by atoms with van der Waals surface area (Å²) in [4.78, 5) is 0. The monoisotopic (exact) mass is 333 g/mol. The molecule has 2 aromatic rings. The van der Waals surface area contributed by atoms with E-state index in [0.717, 1.165) is 19.6 Å². The first-order valence-corrected chi connectivity index (χ1v) is 8.06. The number of nitrogens with zero attached hydrogens (tertiary/aromatic N) is 2. The number of piperidine rings is 1. The maximum absolute atomic E-state index is 4.44. The Morgan fingerprint density at radius 2 is 2.20 bits per heavy atom. The van der Waals surface area contributed by atoms with Crippen LogP contribution in [-0.4, -0.2) is 22.9 Å². The van der Waals surface area contributed by atoms with E-state index in [0.29, 0.717) is 11.8 Å². The van der Waals surface area contributed by atoms with Crippen LogP contribution in [0.3, 0.4) is 0 Å². The van der Waals surface area contributed by atoms with Gasteiger partial charge in [0.25, 0.3) is 0 Å². The van der Waals surface area contributed by atoms with Crippen LogP contribution in [0.2, 0.25) is 0 Å². The fraction of sp³-hybridized carbons (Fsp3) is 0.438. The number of aromatic nitrogens is 2. The average Bonchev–Trinajstić information content (AvgIpc) is 2.97. The summed E-state index contributed by atoms with van der Waals surface area (Å²) < 4.78 is 3.23. The van der Waals surface area contributed by atoms with Gasteiger partial charge in [-0.1, -0.05) is 34.1 Å². The van der Waals surface area contributed by atoms with Crippen LogP contribution in [0, 0.1) is 0 Å². The number of halogens is 1. The van der Waals surface area contributed by atoms with Crippen molar-refractivity contribution in [1.82, 2.24) is 15.1 Å². The molecule has 3 rings (SSSR count). The molecule has 2 heterocycles. The van der Waals surface area contributed by atoms with Crippen molar-refractivity contribution in [3.05, 3.63) is 52.3 Å². The van der Waals surface area contributed by atoms with Gasteiger partial charge in [-0.15, -0.1) is 0 Å². The first-order valence-electron chi connectivity index (χ1n) is 7.27. The van der Waals surface area contributed by atoms with Crippen LogP contribution < -0.4 is 5.32 Å². The van der Waals surface area contributed by atoms with Crippen molar-refractivity contribution in [2.45, 2.75) is 31.7 Å². The Morgan fingerprint density at radius 1 is 1.35 bits per heavy atom. The highest BCUT2D eigenvalue weighted by Crippen LogP contribution is 2.39. The molecule has 106 valence electrons. The maximum atomic E-state index is 4.44. The molecule has 1 aromatic carbocycles. The molecule has 1 saturated heterocycles. The molecule has 1 aromatic heterocycles. The van der Waals surface area contributed by atoms with E-state index < -0.39 is 0 Å². The van der Waals surface area contributed by atoms with Crippen LogP contribution in [0.25, 0.3) is 0 Å². The van der Waals surface area contributed by atoms with Gasteiger partial charge in [0.1, 0.15) is 0 Å². The van der Waals surface area contributed by atoms with Gasteiger partial charge in [-0.3, -0.25) is 4.68 Å². The lowest BCUT2D eigenvalue weighted by molar-refractivity contribution is 0.403. The van der Waals surface area contributed by atoms with Crippen LogP contribution in [0.15, 0.2) is 41.1 Å². The number of aryl methyl sites for hydroxylation is 1. The highest BCUT2D eigenvalue weighted by molar-refractivity contribution is 9.10. The fourth-order valence-electron chi connectivity index (χ4n) is 3.10. The second-order valence-electron chi connectivity index (χ2n) is 5.36. The molecular weight excluding hydrogens is 314 g/mol. The molecule has 0 aliphatic carbocycles. The summed E-state index contributed by atoms with van der Waals surface area (Å²) in [5, 5.41) is 7.98. The third-order valence-electron chi connectivity index (χ3n) is 4.19. The summed E-state index contributed by atoms with van der Waals surface area (Å²) in [5.74, 6) is 1.06. The van der Waals surface area contributed by atoms with Crippen molar-refractivity contribution in [3.8, 4) is 0 Å². The van der Waals surface area contributed by atoms with Gasteiger partial charge >= 0.3 is 0 Å². The van der Waals surface area contributed by atoms with E-state index in [1.165, 1.54) is 22.0 Å². The summed E-state index contributed by atoms with van der Waals surface area (Å²) in [5.41, 5.74) is 2.77. The third kappa shape index (κ3) is 2.67. The Balaban J connectivity index is 1.93. The van der Waals surface area contributed by atoms with Crippen molar-refractivity contribution in [2.75, 3.05) is 13.1 Å². The summed E-state index contributed by atoms with van der Waals surface area (Å²) in [6.45, 7) is 5.18. The first kappa shape index (κ1) is 13.8. The molecular formula is C16H20BrN3. The van der Waals surface area contributed by atoms with E-state index in [-0.39, 0.29) is 0 Å². The summed E-state index contributed by atoms with van der Waals surface area (Å²) in [6.07, 6.45) is 5.42.